The van der Waals surface area contributed by atoms with E-state index in [0.29, 0.717) is 45.5 Å². The second-order valence-electron chi connectivity index (χ2n) is 8.44. The highest BCUT2D eigenvalue weighted by Crippen LogP contribution is 2.32. The van der Waals surface area contributed by atoms with Gasteiger partial charge in [-0.3, -0.25) is 4.68 Å². The van der Waals surface area contributed by atoms with E-state index in [0.717, 1.165) is 18.9 Å². The number of aryl methyl sites for hydroxylation is 1. The Kier molecular flexibility index (Phi) is 7.60. The molecule has 0 bridgehead atoms. The normalized spacial score (nSPS) is 17.8. The molecule has 1 unspecified atom stereocenters. The van der Waals surface area contributed by atoms with Gasteiger partial charge >= 0.3 is 0 Å². The summed E-state index contributed by atoms with van der Waals surface area (Å²) in [7, 11) is 1.75. The lowest BCUT2D eigenvalue weighted by molar-refractivity contribution is 0.404. The third-order valence-electron chi connectivity index (χ3n) is 5.65. The fourth-order valence-corrected chi connectivity index (χ4v) is 4.32. The van der Waals surface area contributed by atoms with Crippen molar-refractivity contribution in [3.8, 4) is 28.3 Å². The number of anilines is 1. The zero-order chi connectivity index (χ0) is 22.4. The molecule has 180 valence electrons. The van der Waals surface area contributed by atoms with Gasteiger partial charge in [-0.1, -0.05) is 0 Å². The van der Waals surface area contributed by atoms with E-state index in [9.17, 15) is 9.50 Å². The van der Waals surface area contributed by atoms with Crippen molar-refractivity contribution < 1.29 is 9.50 Å². The van der Waals surface area contributed by atoms with Crippen LogP contribution in [0.15, 0.2) is 42.7 Å². The molecule has 8 nitrogen and oxygen atoms in total. The first kappa shape index (κ1) is 25.6. The number of aromatic hydroxyl groups is 1. The number of halogens is 3. The molecule has 0 aliphatic carbocycles. The van der Waals surface area contributed by atoms with Crippen molar-refractivity contribution in [1.82, 2.24) is 30.3 Å². The van der Waals surface area contributed by atoms with Gasteiger partial charge in [0.15, 0.2) is 11.6 Å². The smallest absolute Gasteiger partial charge is 0.151 e. The summed E-state index contributed by atoms with van der Waals surface area (Å²) >= 11 is 0. The van der Waals surface area contributed by atoms with Crippen molar-refractivity contribution in [2.24, 2.45) is 7.05 Å². The minimum absolute atomic E-state index is 0. The Bertz CT molecular complexity index is 1290. The molecule has 0 amide bonds. The molecule has 1 aromatic carbocycles. The van der Waals surface area contributed by atoms with Crippen LogP contribution in [0, 0.1) is 5.82 Å². The molecule has 4 heterocycles. The summed E-state index contributed by atoms with van der Waals surface area (Å²) in [6.07, 6.45) is 3.35. The Hall–Kier alpha value is -3.01. The van der Waals surface area contributed by atoms with Crippen molar-refractivity contribution >= 4 is 41.5 Å². The Morgan fingerprint density at radius 1 is 1.03 bits per heavy atom. The van der Waals surface area contributed by atoms with E-state index in [2.05, 4.69) is 44.3 Å². The zero-order valence-electron chi connectivity index (χ0n) is 18.9. The fourth-order valence-electron chi connectivity index (χ4n) is 4.32. The number of rotatable bonds is 3. The lowest BCUT2D eigenvalue weighted by Gasteiger charge is -2.36. The third-order valence-corrected chi connectivity index (χ3v) is 5.65. The first-order valence-electron chi connectivity index (χ1n) is 10.5. The van der Waals surface area contributed by atoms with Gasteiger partial charge in [0, 0.05) is 55.6 Å². The van der Waals surface area contributed by atoms with Crippen LogP contribution in [0.1, 0.15) is 13.8 Å². The molecule has 5 rings (SSSR count). The quantitative estimate of drug-likeness (QED) is 0.435. The summed E-state index contributed by atoms with van der Waals surface area (Å²) < 4.78 is 16.0. The molecule has 1 aliphatic heterocycles. The van der Waals surface area contributed by atoms with Gasteiger partial charge in [0.25, 0.3) is 0 Å². The summed E-state index contributed by atoms with van der Waals surface area (Å²) in [6, 6.07) is 9.23. The summed E-state index contributed by atoms with van der Waals surface area (Å²) in [4.78, 5) is 6.58. The molecule has 0 spiro atoms. The van der Waals surface area contributed by atoms with Gasteiger partial charge in [-0.15, -0.1) is 35.0 Å². The highest BCUT2D eigenvalue weighted by molar-refractivity contribution is 5.86. The molecule has 1 fully saturated rings. The first-order valence-corrected chi connectivity index (χ1v) is 10.5. The largest absolute Gasteiger partial charge is 0.506 e. The number of nitrogens with zero attached hydrogens (tertiary/aromatic N) is 6. The topological polar surface area (TPSA) is 92.0 Å². The second kappa shape index (κ2) is 10.1. The van der Waals surface area contributed by atoms with Crippen LogP contribution < -0.4 is 10.2 Å². The van der Waals surface area contributed by atoms with Crippen molar-refractivity contribution in [3.63, 3.8) is 0 Å². The van der Waals surface area contributed by atoms with Crippen molar-refractivity contribution in [3.05, 3.63) is 48.5 Å². The number of hydrogen-bond acceptors (Lipinski definition) is 7. The summed E-state index contributed by atoms with van der Waals surface area (Å²) in [6.45, 7) is 6.00. The van der Waals surface area contributed by atoms with Gasteiger partial charge in [-0.2, -0.15) is 5.10 Å². The Balaban J connectivity index is 0.00000162. The van der Waals surface area contributed by atoms with Crippen LogP contribution in [-0.2, 0) is 7.05 Å². The van der Waals surface area contributed by atoms with Crippen molar-refractivity contribution in [2.75, 3.05) is 18.0 Å². The maximum atomic E-state index is 14.4. The lowest BCUT2D eigenvalue weighted by atomic mass is 10.0. The Morgan fingerprint density at radius 2 is 1.76 bits per heavy atom. The summed E-state index contributed by atoms with van der Waals surface area (Å²) in [5, 5.41) is 27.6. The van der Waals surface area contributed by atoms with Gasteiger partial charge < -0.3 is 15.3 Å². The van der Waals surface area contributed by atoms with Crippen LogP contribution in [0.4, 0.5) is 10.2 Å². The highest BCUT2D eigenvalue weighted by Gasteiger charge is 2.22. The molecule has 2 atom stereocenters. The number of fused-ring (bicyclic) bond motifs is 1. The average Bonchev–Trinajstić information content (AvgIpc) is 3.14. The molecule has 0 radical (unpaired) electrons. The van der Waals surface area contributed by atoms with E-state index < -0.39 is 5.82 Å². The van der Waals surface area contributed by atoms with Crippen molar-refractivity contribution in [2.45, 2.75) is 25.9 Å². The molecule has 0 saturated carbocycles. The summed E-state index contributed by atoms with van der Waals surface area (Å²) in [5.74, 6) is 0.339. The van der Waals surface area contributed by atoms with E-state index in [1.165, 1.54) is 6.07 Å². The molecule has 2 N–H and O–H groups in total. The number of piperazine rings is 1. The van der Waals surface area contributed by atoms with Gasteiger partial charge in [-0.25, -0.2) is 9.37 Å². The van der Waals surface area contributed by atoms with Crippen LogP contribution in [0.2, 0.25) is 0 Å². The molecular formula is C23H26Cl2FN7O. The number of benzene rings is 1. The van der Waals surface area contributed by atoms with Crippen LogP contribution in [-0.4, -0.2) is 55.2 Å². The van der Waals surface area contributed by atoms with Crippen LogP contribution in [0.3, 0.4) is 0 Å². The lowest BCUT2D eigenvalue weighted by Crippen LogP contribution is -2.54. The second-order valence-corrected chi connectivity index (χ2v) is 8.44. The predicted octanol–water partition coefficient (Wildman–Crippen LogP) is 3.97. The Morgan fingerprint density at radius 3 is 2.41 bits per heavy atom. The fraction of sp³-hybridized carbons (Fsp3) is 0.304. The number of hydrogen-bond donors (Lipinski definition) is 2. The average molecular weight is 506 g/mol. The minimum atomic E-state index is -0.417. The minimum Gasteiger partial charge on any atom is -0.506 e. The number of nitrogens with one attached hydrogen (secondary N) is 1. The van der Waals surface area contributed by atoms with Gasteiger partial charge in [-0.05, 0) is 49.7 Å². The van der Waals surface area contributed by atoms with Gasteiger partial charge in [0.2, 0.25) is 0 Å². The van der Waals surface area contributed by atoms with Gasteiger partial charge in [0.1, 0.15) is 22.7 Å². The number of aromatic nitrogens is 5. The van der Waals surface area contributed by atoms with Crippen LogP contribution >= 0.6 is 24.8 Å². The monoisotopic (exact) mass is 505 g/mol. The Labute approximate surface area is 209 Å². The van der Waals surface area contributed by atoms with E-state index in [1.54, 1.807) is 30.2 Å². The van der Waals surface area contributed by atoms with Crippen LogP contribution in [0.25, 0.3) is 33.4 Å². The van der Waals surface area contributed by atoms with Crippen LogP contribution in [0.5, 0.6) is 5.75 Å². The molecular weight excluding hydrogens is 480 g/mol. The zero-order valence-corrected chi connectivity index (χ0v) is 20.6. The molecule has 34 heavy (non-hydrogen) atoms. The number of pyridine rings is 1. The SMILES string of the molecule is CC1CN(c2ccc(-c3ncc(-c4cc(F)c5nn(C)cc5c4)cc3O)nn2)C[C@H](C)N1.Cl.Cl. The molecule has 1 saturated heterocycles. The summed E-state index contributed by atoms with van der Waals surface area (Å²) in [5.41, 5.74) is 2.33. The third kappa shape index (κ3) is 4.91. The van der Waals surface area contributed by atoms with Gasteiger partial charge in [0.05, 0.1) is 0 Å². The van der Waals surface area contributed by atoms with E-state index in [4.69, 9.17) is 0 Å². The van der Waals surface area contributed by atoms with E-state index >= 15 is 0 Å². The van der Waals surface area contributed by atoms with E-state index in [-0.39, 0.29) is 30.6 Å². The predicted molar refractivity (Wildman–Crippen MR) is 135 cm³/mol. The standard InChI is InChI=1S/C23H24FN7O.2ClH/c1-13-10-31(11-14(2)26-13)21-5-4-19(27-28-21)23-20(32)8-16(9-25-23)15-6-17-12-30(3)29-22(17)18(24)7-15;;/h4-9,12-14,26,32H,10-11H2,1-3H3;2*1H/t13-,14?;;/m0../s1. The molecule has 4 aromatic rings. The van der Waals surface area contributed by atoms with E-state index in [1.807, 2.05) is 18.2 Å². The highest BCUT2D eigenvalue weighted by atomic mass is 35.5. The maximum absolute atomic E-state index is 14.4. The first-order chi connectivity index (χ1) is 15.4. The van der Waals surface area contributed by atoms with Crippen molar-refractivity contribution in [1.29, 1.82) is 0 Å². The molecule has 3 aromatic heterocycles. The molecule has 1 aliphatic rings. The molecule has 11 heteroatoms. The maximum Gasteiger partial charge on any atom is 0.151 e.